The van der Waals surface area contributed by atoms with Gasteiger partial charge in [-0.15, -0.1) is 0 Å². The van der Waals surface area contributed by atoms with E-state index < -0.39 is 24.0 Å². The predicted octanol–water partition coefficient (Wildman–Crippen LogP) is 3.04. The molecule has 2 saturated heterocycles. The van der Waals surface area contributed by atoms with Gasteiger partial charge in [0.2, 0.25) is 0 Å². The molecule has 0 aromatic carbocycles. The van der Waals surface area contributed by atoms with Crippen molar-refractivity contribution in [1.29, 1.82) is 0 Å². The molecule has 3 aromatic rings. The summed E-state index contributed by atoms with van der Waals surface area (Å²) in [4.78, 5) is 17.1. The highest BCUT2D eigenvalue weighted by atomic mass is 19.4. The van der Waals surface area contributed by atoms with Gasteiger partial charge in [-0.1, -0.05) is 0 Å². The standard InChI is InChI=1S/C24H29F4N7O/c25-19-13-33(8-5-29)6-3-16(19)12-34-7-4-18-22(34)31-15-32-23(18)35-9-10-36-14-21(35)20-2-1-17(11-30-20)24(26,27)28/h1-2,4,7,11,15-16,19,21H,3,5-6,8-10,12-14,29H2/t16-,19+,21+/m0/s1. The van der Waals surface area contributed by atoms with E-state index in [9.17, 15) is 17.6 Å². The van der Waals surface area contributed by atoms with Crippen molar-refractivity contribution in [2.75, 3.05) is 50.8 Å². The van der Waals surface area contributed by atoms with Gasteiger partial charge < -0.3 is 19.9 Å². The molecule has 2 aliphatic rings. The number of alkyl halides is 4. The molecule has 2 aliphatic heterocycles. The van der Waals surface area contributed by atoms with Crippen LogP contribution in [0.15, 0.2) is 36.9 Å². The molecule has 2 N–H and O–H groups in total. The maximum absolute atomic E-state index is 14.9. The number of halogens is 4. The molecule has 5 rings (SSSR count). The number of pyridine rings is 1. The Morgan fingerprint density at radius 3 is 2.69 bits per heavy atom. The molecule has 0 saturated carbocycles. The molecule has 0 unspecified atom stereocenters. The van der Waals surface area contributed by atoms with Crippen molar-refractivity contribution < 1.29 is 22.3 Å². The second kappa shape index (κ2) is 10.3. The minimum Gasteiger partial charge on any atom is -0.377 e. The van der Waals surface area contributed by atoms with E-state index >= 15 is 0 Å². The van der Waals surface area contributed by atoms with Crippen LogP contribution in [0.2, 0.25) is 0 Å². The van der Waals surface area contributed by atoms with Crippen molar-refractivity contribution in [2.24, 2.45) is 11.7 Å². The molecule has 0 radical (unpaired) electrons. The number of likely N-dealkylation sites (tertiary alicyclic amines) is 1. The Morgan fingerprint density at radius 2 is 1.97 bits per heavy atom. The molecule has 36 heavy (non-hydrogen) atoms. The number of fused-ring (bicyclic) bond motifs is 1. The maximum Gasteiger partial charge on any atom is 0.417 e. The number of nitrogens with two attached hydrogens (primary N) is 1. The zero-order chi connectivity index (χ0) is 25.3. The highest BCUT2D eigenvalue weighted by Crippen LogP contribution is 2.34. The van der Waals surface area contributed by atoms with Gasteiger partial charge in [0.25, 0.3) is 0 Å². The molecule has 0 bridgehead atoms. The molecular formula is C24H29F4N7O. The lowest BCUT2D eigenvalue weighted by molar-refractivity contribution is -0.137. The Hall–Kier alpha value is -2.83. The van der Waals surface area contributed by atoms with Gasteiger partial charge in [0.1, 0.15) is 24.0 Å². The van der Waals surface area contributed by atoms with E-state index in [0.29, 0.717) is 56.5 Å². The minimum absolute atomic E-state index is 0.125. The Bertz CT molecular complexity index is 1170. The van der Waals surface area contributed by atoms with E-state index in [1.165, 1.54) is 12.4 Å². The van der Waals surface area contributed by atoms with E-state index in [0.717, 1.165) is 30.6 Å². The molecule has 194 valence electrons. The summed E-state index contributed by atoms with van der Waals surface area (Å²) >= 11 is 0. The highest BCUT2D eigenvalue weighted by Gasteiger charge is 2.33. The quantitative estimate of drug-likeness (QED) is 0.514. The Balaban J connectivity index is 1.39. The van der Waals surface area contributed by atoms with Gasteiger partial charge >= 0.3 is 6.18 Å². The number of piperidine rings is 1. The van der Waals surface area contributed by atoms with E-state index in [1.54, 1.807) is 0 Å². The van der Waals surface area contributed by atoms with Crippen molar-refractivity contribution in [3.8, 4) is 0 Å². The van der Waals surface area contributed by atoms with Crippen molar-refractivity contribution in [3.05, 3.63) is 48.2 Å². The lowest BCUT2D eigenvalue weighted by Crippen LogP contribution is -2.44. The topological polar surface area (TPSA) is 85.3 Å². The van der Waals surface area contributed by atoms with E-state index in [4.69, 9.17) is 10.5 Å². The van der Waals surface area contributed by atoms with Crippen LogP contribution in [0.1, 0.15) is 23.7 Å². The van der Waals surface area contributed by atoms with Crippen LogP contribution < -0.4 is 10.6 Å². The van der Waals surface area contributed by atoms with Crippen LogP contribution in [0.5, 0.6) is 0 Å². The van der Waals surface area contributed by atoms with Gasteiger partial charge in [-0.25, -0.2) is 14.4 Å². The first kappa shape index (κ1) is 24.8. The fourth-order valence-corrected chi connectivity index (χ4v) is 5.10. The third-order valence-electron chi connectivity index (χ3n) is 7.03. The molecule has 5 heterocycles. The van der Waals surface area contributed by atoms with Crippen LogP contribution >= 0.6 is 0 Å². The summed E-state index contributed by atoms with van der Waals surface area (Å²) in [6.07, 6.45) is -0.441. The first-order valence-corrected chi connectivity index (χ1v) is 12.1. The summed E-state index contributed by atoms with van der Waals surface area (Å²) < 4.78 is 61.5. The number of nitrogens with zero attached hydrogens (tertiary/aromatic N) is 6. The molecule has 12 heteroatoms. The van der Waals surface area contributed by atoms with Crippen molar-refractivity contribution >= 4 is 16.9 Å². The van der Waals surface area contributed by atoms with Gasteiger partial charge in [-0.3, -0.25) is 9.88 Å². The summed E-state index contributed by atoms with van der Waals surface area (Å²) in [5.41, 5.74) is 5.99. The van der Waals surface area contributed by atoms with Gasteiger partial charge in [-0.05, 0) is 31.2 Å². The highest BCUT2D eigenvalue weighted by molar-refractivity contribution is 5.88. The van der Waals surface area contributed by atoms with Gasteiger partial charge in [0.15, 0.2) is 0 Å². The average Bonchev–Trinajstić information content (AvgIpc) is 3.28. The largest absolute Gasteiger partial charge is 0.417 e. The monoisotopic (exact) mass is 507 g/mol. The van der Waals surface area contributed by atoms with Crippen molar-refractivity contribution in [2.45, 2.75) is 31.4 Å². The average molecular weight is 508 g/mol. The van der Waals surface area contributed by atoms with Gasteiger partial charge in [0.05, 0.1) is 35.9 Å². The number of ether oxygens (including phenoxy) is 1. The van der Waals surface area contributed by atoms with E-state index in [-0.39, 0.29) is 12.5 Å². The van der Waals surface area contributed by atoms with Crippen LogP contribution in [-0.4, -0.2) is 76.5 Å². The Morgan fingerprint density at radius 1 is 1.11 bits per heavy atom. The van der Waals surface area contributed by atoms with Gasteiger partial charge in [0, 0.05) is 51.0 Å². The van der Waals surface area contributed by atoms with Crippen LogP contribution in [0.4, 0.5) is 23.4 Å². The summed E-state index contributed by atoms with van der Waals surface area (Å²) in [5, 5.41) is 0.798. The molecule has 3 atom stereocenters. The molecular weight excluding hydrogens is 478 g/mol. The molecule has 2 fully saturated rings. The fourth-order valence-electron chi connectivity index (χ4n) is 5.10. The Labute approximate surface area is 206 Å². The number of hydrogen-bond acceptors (Lipinski definition) is 7. The van der Waals surface area contributed by atoms with Gasteiger partial charge in [-0.2, -0.15) is 13.2 Å². The van der Waals surface area contributed by atoms with Crippen LogP contribution in [0.25, 0.3) is 11.0 Å². The zero-order valence-corrected chi connectivity index (χ0v) is 19.7. The SMILES string of the molecule is NCCN1CC[C@@H](Cn2ccc3c(N4CCOC[C@@H]4c4ccc(C(F)(F)F)cn4)ncnc32)[C@H](F)C1. The third kappa shape index (κ3) is 5.02. The summed E-state index contributed by atoms with van der Waals surface area (Å²) in [6.45, 7) is 4.15. The van der Waals surface area contributed by atoms with E-state index in [1.807, 2.05) is 21.7 Å². The molecule has 0 spiro atoms. The van der Waals surface area contributed by atoms with Crippen molar-refractivity contribution in [3.63, 3.8) is 0 Å². The molecule has 0 amide bonds. The molecule has 0 aliphatic carbocycles. The van der Waals surface area contributed by atoms with Crippen molar-refractivity contribution in [1.82, 2.24) is 24.4 Å². The zero-order valence-electron chi connectivity index (χ0n) is 19.7. The second-order valence-corrected chi connectivity index (χ2v) is 9.31. The van der Waals surface area contributed by atoms with Crippen LogP contribution in [-0.2, 0) is 17.5 Å². The number of anilines is 1. The maximum atomic E-state index is 14.9. The number of morpholine rings is 1. The lowest BCUT2D eigenvalue weighted by Gasteiger charge is -2.36. The van der Waals surface area contributed by atoms with Crippen LogP contribution in [0.3, 0.4) is 0 Å². The molecule has 3 aromatic heterocycles. The predicted molar refractivity (Wildman–Crippen MR) is 126 cm³/mol. The Kier molecular flexibility index (Phi) is 7.09. The first-order chi connectivity index (χ1) is 17.3. The lowest BCUT2D eigenvalue weighted by atomic mass is 9.95. The fraction of sp³-hybridized carbons (Fsp3) is 0.542. The van der Waals surface area contributed by atoms with Crippen LogP contribution in [0, 0.1) is 5.92 Å². The number of rotatable bonds is 6. The number of hydrogen-bond donors (Lipinski definition) is 1. The molecule has 8 nitrogen and oxygen atoms in total. The summed E-state index contributed by atoms with van der Waals surface area (Å²) in [6, 6.07) is 3.93. The second-order valence-electron chi connectivity index (χ2n) is 9.31. The minimum atomic E-state index is -4.45. The normalized spacial score (nSPS) is 23.9. The third-order valence-corrected chi connectivity index (χ3v) is 7.03. The smallest absolute Gasteiger partial charge is 0.377 e. The van der Waals surface area contributed by atoms with E-state index in [2.05, 4.69) is 19.9 Å². The summed E-state index contributed by atoms with van der Waals surface area (Å²) in [5.74, 6) is 0.531. The summed E-state index contributed by atoms with van der Waals surface area (Å²) in [7, 11) is 0. The first-order valence-electron chi connectivity index (χ1n) is 12.1. The number of aromatic nitrogens is 4.